The van der Waals surface area contributed by atoms with Crippen LogP contribution < -0.4 is 4.72 Å². The molecule has 8 heteroatoms. The summed E-state index contributed by atoms with van der Waals surface area (Å²) in [6, 6.07) is 11.1. The normalized spacial score (nSPS) is 14.8. The van der Waals surface area contributed by atoms with E-state index >= 15 is 0 Å². The van der Waals surface area contributed by atoms with Crippen molar-refractivity contribution in [3.05, 3.63) is 53.1 Å². The van der Waals surface area contributed by atoms with Crippen LogP contribution >= 0.6 is 23.4 Å². The van der Waals surface area contributed by atoms with E-state index in [0.717, 1.165) is 24.2 Å². The monoisotopic (exact) mass is 424 g/mol. The van der Waals surface area contributed by atoms with Gasteiger partial charge in [0.05, 0.1) is 10.5 Å². The Morgan fingerprint density at radius 3 is 2.37 bits per heavy atom. The molecule has 0 radical (unpaired) electrons. The maximum atomic E-state index is 12.9. The zero-order chi connectivity index (χ0) is 19.4. The van der Waals surface area contributed by atoms with Crippen molar-refractivity contribution in [2.75, 3.05) is 24.1 Å². The molecule has 2 aromatic rings. The quantitative estimate of drug-likeness (QED) is 0.718. The number of carbonyl (C=O) groups excluding carboxylic acids is 1. The third-order valence-electron chi connectivity index (χ3n) is 4.45. The molecule has 0 atom stereocenters. The van der Waals surface area contributed by atoms with Gasteiger partial charge < -0.3 is 4.90 Å². The van der Waals surface area contributed by atoms with Gasteiger partial charge in [0.1, 0.15) is 0 Å². The summed E-state index contributed by atoms with van der Waals surface area (Å²) in [6.07, 6.45) is 4.97. The number of amides is 1. The lowest BCUT2D eigenvalue weighted by atomic mass is 10.1. The van der Waals surface area contributed by atoms with E-state index in [2.05, 4.69) is 4.72 Å². The third kappa shape index (κ3) is 4.78. The molecule has 0 saturated carbocycles. The highest BCUT2D eigenvalue weighted by Gasteiger charge is 2.23. The van der Waals surface area contributed by atoms with Gasteiger partial charge in [-0.3, -0.25) is 9.52 Å². The Labute approximate surface area is 169 Å². The smallest absolute Gasteiger partial charge is 0.261 e. The van der Waals surface area contributed by atoms with E-state index in [1.54, 1.807) is 30.3 Å². The summed E-state index contributed by atoms with van der Waals surface area (Å²) in [5.41, 5.74) is 0.848. The molecule has 1 saturated heterocycles. The summed E-state index contributed by atoms with van der Waals surface area (Å²) >= 11 is 7.28. The summed E-state index contributed by atoms with van der Waals surface area (Å²) in [4.78, 5) is 15.6. The fourth-order valence-corrected chi connectivity index (χ4v) is 4.80. The number of rotatable bonds is 5. The molecule has 1 N–H and O–H groups in total. The molecule has 1 fully saturated rings. The van der Waals surface area contributed by atoms with E-state index in [1.165, 1.54) is 23.9 Å². The zero-order valence-electron chi connectivity index (χ0n) is 14.9. The van der Waals surface area contributed by atoms with Crippen LogP contribution in [0.4, 0.5) is 5.69 Å². The van der Waals surface area contributed by atoms with Gasteiger partial charge in [-0.1, -0.05) is 11.6 Å². The van der Waals surface area contributed by atoms with Crippen LogP contribution in [0.2, 0.25) is 5.02 Å². The molecule has 0 aliphatic carbocycles. The number of hydrogen-bond donors (Lipinski definition) is 1. The van der Waals surface area contributed by atoms with Crippen LogP contribution in [0.5, 0.6) is 0 Å². The number of anilines is 1. The van der Waals surface area contributed by atoms with E-state index < -0.39 is 10.0 Å². The standard InChI is InChI=1S/C19H21ClN2O3S2/c1-26-18-10-9-16(13-17(18)19(23)22-11-3-2-4-12-22)27(24,25)21-15-7-5-14(20)6-8-15/h5-10,13,21H,2-4,11-12H2,1H3. The van der Waals surface area contributed by atoms with E-state index in [1.807, 2.05) is 11.2 Å². The second-order valence-corrected chi connectivity index (χ2v) is 9.29. The first-order chi connectivity index (χ1) is 12.9. The fourth-order valence-electron chi connectivity index (χ4n) is 3.02. The molecular weight excluding hydrogens is 404 g/mol. The minimum absolute atomic E-state index is 0.0654. The first-order valence-electron chi connectivity index (χ1n) is 8.66. The van der Waals surface area contributed by atoms with Crippen molar-refractivity contribution < 1.29 is 13.2 Å². The van der Waals surface area contributed by atoms with Crippen LogP contribution in [0.3, 0.4) is 0 Å². The SMILES string of the molecule is CSc1ccc(S(=O)(=O)Nc2ccc(Cl)cc2)cc1C(=O)N1CCCCC1. The van der Waals surface area contributed by atoms with Gasteiger partial charge in [-0.15, -0.1) is 11.8 Å². The van der Waals surface area contributed by atoms with Gasteiger partial charge in [-0.2, -0.15) is 0 Å². The highest BCUT2D eigenvalue weighted by molar-refractivity contribution is 7.98. The first-order valence-corrected chi connectivity index (χ1v) is 11.7. The van der Waals surface area contributed by atoms with Crippen molar-refractivity contribution in [3.8, 4) is 0 Å². The van der Waals surface area contributed by atoms with E-state index in [-0.39, 0.29) is 10.8 Å². The number of sulfonamides is 1. The van der Waals surface area contributed by atoms with Crippen molar-refractivity contribution in [3.63, 3.8) is 0 Å². The largest absolute Gasteiger partial charge is 0.339 e. The Hall–Kier alpha value is -1.70. The average molecular weight is 425 g/mol. The third-order valence-corrected chi connectivity index (χ3v) is 6.88. The Morgan fingerprint density at radius 1 is 1.07 bits per heavy atom. The Kier molecular flexibility index (Phi) is 6.34. The van der Waals surface area contributed by atoms with Crippen LogP contribution in [0.1, 0.15) is 29.6 Å². The second-order valence-electron chi connectivity index (χ2n) is 6.33. The number of piperidine rings is 1. The predicted octanol–water partition coefficient (Wildman–Crippen LogP) is 4.49. The van der Waals surface area contributed by atoms with Crippen LogP contribution in [-0.4, -0.2) is 38.6 Å². The average Bonchev–Trinajstić information content (AvgIpc) is 2.69. The van der Waals surface area contributed by atoms with Crippen molar-refractivity contribution in [1.29, 1.82) is 0 Å². The summed E-state index contributed by atoms with van der Waals surface area (Å²) in [7, 11) is -3.81. The molecule has 144 valence electrons. The van der Waals surface area contributed by atoms with Gasteiger partial charge in [-0.05, 0) is 68.0 Å². The molecule has 27 heavy (non-hydrogen) atoms. The van der Waals surface area contributed by atoms with Crippen molar-refractivity contribution in [2.45, 2.75) is 29.1 Å². The molecule has 5 nitrogen and oxygen atoms in total. The van der Waals surface area contributed by atoms with Crippen molar-refractivity contribution >= 4 is 45.0 Å². The maximum Gasteiger partial charge on any atom is 0.261 e. The molecule has 0 unspecified atom stereocenters. The number of nitrogens with zero attached hydrogens (tertiary/aromatic N) is 1. The summed E-state index contributed by atoms with van der Waals surface area (Å²) in [5, 5.41) is 0.525. The van der Waals surface area contributed by atoms with Gasteiger partial charge in [0, 0.05) is 28.7 Å². The van der Waals surface area contributed by atoms with Crippen LogP contribution in [0, 0.1) is 0 Å². The number of nitrogens with one attached hydrogen (secondary N) is 1. The molecule has 0 aromatic heterocycles. The molecule has 0 bridgehead atoms. The lowest BCUT2D eigenvalue weighted by molar-refractivity contribution is 0.0720. The lowest BCUT2D eigenvalue weighted by Crippen LogP contribution is -2.36. The predicted molar refractivity (Wildman–Crippen MR) is 110 cm³/mol. The topological polar surface area (TPSA) is 66.5 Å². The zero-order valence-corrected chi connectivity index (χ0v) is 17.3. The first kappa shape index (κ1) is 20.0. The van der Waals surface area contributed by atoms with E-state index in [0.29, 0.717) is 29.4 Å². The lowest BCUT2D eigenvalue weighted by Gasteiger charge is -2.27. The van der Waals surface area contributed by atoms with Crippen LogP contribution in [0.25, 0.3) is 0 Å². The number of likely N-dealkylation sites (tertiary alicyclic amines) is 1. The number of thioether (sulfide) groups is 1. The highest BCUT2D eigenvalue weighted by atomic mass is 35.5. The van der Waals surface area contributed by atoms with Gasteiger partial charge in [-0.25, -0.2) is 8.42 Å². The molecule has 2 aromatic carbocycles. The molecular formula is C19H21ClN2O3S2. The van der Waals surface area contributed by atoms with Crippen LogP contribution in [0.15, 0.2) is 52.3 Å². The summed E-state index contributed by atoms with van der Waals surface area (Å²) < 4.78 is 28.0. The minimum Gasteiger partial charge on any atom is -0.339 e. The second kappa shape index (κ2) is 8.54. The van der Waals surface area contributed by atoms with Gasteiger partial charge in [0.2, 0.25) is 0 Å². The maximum absolute atomic E-state index is 12.9. The molecule has 1 heterocycles. The number of benzene rings is 2. The fraction of sp³-hybridized carbons (Fsp3) is 0.316. The number of hydrogen-bond acceptors (Lipinski definition) is 4. The highest BCUT2D eigenvalue weighted by Crippen LogP contribution is 2.27. The minimum atomic E-state index is -3.81. The summed E-state index contributed by atoms with van der Waals surface area (Å²) in [6.45, 7) is 1.43. The number of carbonyl (C=O) groups is 1. The molecule has 1 aliphatic heterocycles. The van der Waals surface area contributed by atoms with E-state index in [4.69, 9.17) is 11.6 Å². The molecule has 1 aliphatic rings. The van der Waals surface area contributed by atoms with E-state index in [9.17, 15) is 13.2 Å². The van der Waals surface area contributed by atoms with Crippen molar-refractivity contribution in [2.24, 2.45) is 0 Å². The van der Waals surface area contributed by atoms with Crippen LogP contribution in [-0.2, 0) is 10.0 Å². The molecule has 1 amide bonds. The Balaban J connectivity index is 1.91. The van der Waals surface area contributed by atoms with Gasteiger partial charge in [0.15, 0.2) is 0 Å². The molecule has 0 spiro atoms. The van der Waals surface area contributed by atoms with Gasteiger partial charge in [0.25, 0.3) is 15.9 Å². The Morgan fingerprint density at radius 2 is 1.74 bits per heavy atom. The van der Waals surface area contributed by atoms with Gasteiger partial charge >= 0.3 is 0 Å². The Bertz CT molecular complexity index is 924. The number of halogens is 1. The molecule has 3 rings (SSSR count). The van der Waals surface area contributed by atoms with Crippen molar-refractivity contribution in [1.82, 2.24) is 4.90 Å². The summed E-state index contributed by atoms with van der Waals surface area (Å²) in [5.74, 6) is -0.109.